The topological polar surface area (TPSA) is 72.8 Å². The second-order valence-corrected chi connectivity index (χ2v) is 3.67. The van der Waals surface area contributed by atoms with E-state index in [9.17, 15) is 14.7 Å². The van der Waals surface area contributed by atoms with Gasteiger partial charge in [-0.1, -0.05) is 6.08 Å². The van der Waals surface area contributed by atoms with Gasteiger partial charge in [-0.2, -0.15) is 4.99 Å². The first-order chi connectivity index (χ1) is 7.04. The Kier molecular flexibility index (Phi) is 1.96. The number of hydrogen-bond acceptors (Lipinski definition) is 4. The van der Waals surface area contributed by atoms with Gasteiger partial charge in [0.1, 0.15) is 11.4 Å². The number of carboxylic acid groups (broad SMARTS) is 1. The highest BCUT2D eigenvalue weighted by Crippen LogP contribution is 2.29. The fourth-order valence-corrected chi connectivity index (χ4v) is 1.71. The van der Waals surface area contributed by atoms with Crippen LogP contribution < -0.4 is 5.11 Å². The molecule has 0 aromatic heterocycles. The number of amides is 1. The third-order valence-electron chi connectivity index (χ3n) is 2.54. The highest BCUT2D eigenvalue weighted by atomic mass is 16.4. The average Bonchev–Trinajstić information content (AvgIpc) is 2.39. The van der Waals surface area contributed by atoms with E-state index in [1.807, 2.05) is 0 Å². The molecule has 1 amide bonds. The van der Waals surface area contributed by atoms with Crippen LogP contribution in [0, 0.1) is 0 Å². The summed E-state index contributed by atoms with van der Waals surface area (Å²) in [6, 6.07) is 0. The Bertz CT molecular complexity index is 422. The zero-order chi connectivity index (χ0) is 11.1. The van der Waals surface area contributed by atoms with Crippen LogP contribution in [0.5, 0.6) is 0 Å². The number of aliphatic carboxylic acids is 1. The maximum absolute atomic E-state index is 11.6. The molecule has 1 atom stereocenters. The van der Waals surface area contributed by atoms with Crippen LogP contribution in [0.2, 0.25) is 0 Å². The van der Waals surface area contributed by atoms with Crippen molar-refractivity contribution in [2.24, 2.45) is 4.99 Å². The Morgan fingerprint density at radius 1 is 1.60 bits per heavy atom. The van der Waals surface area contributed by atoms with Gasteiger partial charge in [0.2, 0.25) is 0 Å². The molecule has 0 N–H and O–H groups in total. The standard InChI is InChI=1S/C10H10N2O3/c1-10(6-8(13)14)9(15)11-7-4-2-3-5-12(7)10/h2-5H,6H2,1H3,(H,13,14)/p-1/t10-/m0/s1. The monoisotopic (exact) mass is 205 g/mol. The summed E-state index contributed by atoms with van der Waals surface area (Å²) < 4.78 is 0. The minimum Gasteiger partial charge on any atom is -0.550 e. The highest BCUT2D eigenvalue weighted by Gasteiger charge is 2.45. The molecule has 0 saturated heterocycles. The number of carboxylic acids is 1. The highest BCUT2D eigenvalue weighted by molar-refractivity contribution is 6.12. The van der Waals surface area contributed by atoms with Gasteiger partial charge in [-0.05, 0) is 19.1 Å². The number of allylic oxidation sites excluding steroid dienone is 2. The van der Waals surface area contributed by atoms with E-state index in [0.29, 0.717) is 5.84 Å². The SMILES string of the molecule is C[C@]1(CC(=O)[O-])C(=O)N=C2C=CC=CN21. The number of hydrogen-bond donors (Lipinski definition) is 0. The molecule has 2 rings (SSSR count). The quantitative estimate of drug-likeness (QED) is 0.592. The van der Waals surface area contributed by atoms with Crippen LogP contribution in [-0.2, 0) is 9.59 Å². The van der Waals surface area contributed by atoms with Crippen molar-refractivity contribution in [1.82, 2.24) is 4.90 Å². The Balaban J connectivity index is 2.36. The van der Waals surface area contributed by atoms with Crippen molar-refractivity contribution < 1.29 is 14.7 Å². The van der Waals surface area contributed by atoms with Crippen LogP contribution >= 0.6 is 0 Å². The number of carbonyl (C=O) groups excluding carboxylic acids is 2. The first-order valence-corrected chi connectivity index (χ1v) is 4.51. The second-order valence-electron chi connectivity index (χ2n) is 3.67. The number of carbonyl (C=O) groups is 2. The lowest BCUT2D eigenvalue weighted by Crippen LogP contribution is -2.50. The van der Waals surface area contributed by atoms with E-state index in [1.54, 1.807) is 36.3 Å². The first kappa shape index (κ1) is 9.64. The van der Waals surface area contributed by atoms with Gasteiger partial charge in [0.15, 0.2) is 0 Å². The normalized spacial score (nSPS) is 27.9. The minimum atomic E-state index is -1.26. The van der Waals surface area contributed by atoms with E-state index in [2.05, 4.69) is 4.99 Å². The molecule has 0 unspecified atom stereocenters. The van der Waals surface area contributed by atoms with Crippen LogP contribution in [-0.4, -0.2) is 28.2 Å². The third-order valence-corrected chi connectivity index (χ3v) is 2.54. The van der Waals surface area contributed by atoms with Crippen LogP contribution in [0.25, 0.3) is 0 Å². The number of rotatable bonds is 2. The van der Waals surface area contributed by atoms with E-state index < -0.39 is 17.4 Å². The molecule has 0 aliphatic carbocycles. The zero-order valence-electron chi connectivity index (χ0n) is 8.14. The van der Waals surface area contributed by atoms with Gasteiger partial charge in [0, 0.05) is 18.6 Å². The van der Waals surface area contributed by atoms with Gasteiger partial charge in [-0.25, -0.2) is 0 Å². The molecular weight excluding hydrogens is 196 g/mol. The summed E-state index contributed by atoms with van der Waals surface area (Å²) >= 11 is 0. The van der Waals surface area contributed by atoms with Crippen molar-refractivity contribution in [2.75, 3.05) is 0 Å². The maximum Gasteiger partial charge on any atom is 0.273 e. The third kappa shape index (κ3) is 1.36. The number of aliphatic imine (C=N–C) groups is 1. The Labute approximate surface area is 86.4 Å². The summed E-state index contributed by atoms with van der Waals surface area (Å²) in [7, 11) is 0. The lowest BCUT2D eigenvalue weighted by atomic mass is 9.95. The summed E-state index contributed by atoms with van der Waals surface area (Å²) in [5.41, 5.74) is -1.14. The number of amidine groups is 1. The Morgan fingerprint density at radius 2 is 2.33 bits per heavy atom. The molecule has 0 aromatic rings. The molecule has 78 valence electrons. The van der Waals surface area contributed by atoms with E-state index in [1.165, 1.54) is 0 Å². The van der Waals surface area contributed by atoms with E-state index in [4.69, 9.17) is 0 Å². The van der Waals surface area contributed by atoms with Crippen LogP contribution in [0.15, 0.2) is 29.4 Å². The maximum atomic E-state index is 11.6. The summed E-state index contributed by atoms with van der Waals surface area (Å²) in [4.78, 5) is 27.6. The molecule has 2 aliphatic rings. The summed E-state index contributed by atoms with van der Waals surface area (Å²) in [6.07, 6.45) is 6.42. The van der Waals surface area contributed by atoms with Crippen molar-refractivity contribution in [2.45, 2.75) is 18.9 Å². The second kappa shape index (κ2) is 3.05. The van der Waals surface area contributed by atoms with E-state index in [-0.39, 0.29) is 6.42 Å². The first-order valence-electron chi connectivity index (χ1n) is 4.51. The zero-order valence-corrected chi connectivity index (χ0v) is 8.14. The lowest BCUT2D eigenvalue weighted by molar-refractivity contribution is -0.307. The number of nitrogens with zero attached hydrogens (tertiary/aromatic N) is 2. The van der Waals surface area contributed by atoms with Crippen molar-refractivity contribution in [3.8, 4) is 0 Å². The van der Waals surface area contributed by atoms with Crippen molar-refractivity contribution in [3.63, 3.8) is 0 Å². The predicted octanol–water partition coefficient (Wildman–Crippen LogP) is -0.791. The molecule has 5 heteroatoms. The van der Waals surface area contributed by atoms with Crippen molar-refractivity contribution >= 4 is 17.7 Å². The molecule has 0 bridgehead atoms. The molecule has 0 fully saturated rings. The van der Waals surface area contributed by atoms with Gasteiger partial charge in [0.05, 0.1) is 0 Å². The molecule has 0 spiro atoms. The van der Waals surface area contributed by atoms with Gasteiger partial charge in [-0.3, -0.25) is 4.79 Å². The largest absolute Gasteiger partial charge is 0.550 e. The lowest BCUT2D eigenvalue weighted by Gasteiger charge is -2.33. The number of fused-ring (bicyclic) bond motifs is 1. The molecule has 0 aromatic carbocycles. The summed E-state index contributed by atoms with van der Waals surface area (Å²) in [6.45, 7) is 1.55. The van der Waals surface area contributed by atoms with Crippen LogP contribution in [0.1, 0.15) is 13.3 Å². The van der Waals surface area contributed by atoms with Crippen molar-refractivity contribution in [3.05, 3.63) is 24.4 Å². The molecule has 2 heterocycles. The van der Waals surface area contributed by atoms with Crippen LogP contribution in [0.4, 0.5) is 0 Å². The average molecular weight is 205 g/mol. The van der Waals surface area contributed by atoms with E-state index in [0.717, 1.165) is 0 Å². The molecular formula is C10H9N2O3-. The fourth-order valence-electron chi connectivity index (χ4n) is 1.71. The summed E-state index contributed by atoms with van der Waals surface area (Å²) in [5.74, 6) is -1.23. The minimum absolute atomic E-state index is 0.364. The van der Waals surface area contributed by atoms with Gasteiger partial charge >= 0.3 is 0 Å². The predicted molar refractivity (Wildman–Crippen MR) is 50.6 cm³/mol. The molecule has 15 heavy (non-hydrogen) atoms. The van der Waals surface area contributed by atoms with Gasteiger partial charge in [-0.15, -0.1) is 0 Å². The van der Waals surface area contributed by atoms with Gasteiger partial charge < -0.3 is 14.8 Å². The van der Waals surface area contributed by atoms with E-state index >= 15 is 0 Å². The Morgan fingerprint density at radius 3 is 3.00 bits per heavy atom. The fraction of sp³-hybridized carbons (Fsp3) is 0.300. The molecule has 2 aliphatic heterocycles. The molecule has 5 nitrogen and oxygen atoms in total. The molecule has 0 radical (unpaired) electrons. The smallest absolute Gasteiger partial charge is 0.273 e. The summed E-state index contributed by atoms with van der Waals surface area (Å²) in [5, 5.41) is 10.6. The van der Waals surface area contributed by atoms with Gasteiger partial charge in [0.25, 0.3) is 5.91 Å². The van der Waals surface area contributed by atoms with Crippen molar-refractivity contribution in [1.29, 1.82) is 0 Å². The Hall–Kier alpha value is -1.91. The molecule has 0 saturated carbocycles. The van der Waals surface area contributed by atoms with Crippen LogP contribution in [0.3, 0.4) is 0 Å².